The number of anilines is 1. The molecule has 0 unspecified atom stereocenters. The summed E-state index contributed by atoms with van der Waals surface area (Å²) in [4.78, 5) is 4.09. The van der Waals surface area contributed by atoms with Crippen molar-refractivity contribution in [3.63, 3.8) is 0 Å². The van der Waals surface area contributed by atoms with E-state index in [9.17, 15) is 0 Å². The van der Waals surface area contributed by atoms with Crippen molar-refractivity contribution in [2.75, 3.05) is 11.9 Å². The molecule has 0 aromatic carbocycles. The Morgan fingerprint density at radius 3 is 3.00 bits per heavy atom. The zero-order valence-corrected chi connectivity index (χ0v) is 7.91. The molecular formula is C10H13N3. The number of nitrogens with one attached hydrogen (secondary N) is 1. The Balaban J connectivity index is 2.71. The Labute approximate surface area is 78.4 Å². The van der Waals surface area contributed by atoms with E-state index < -0.39 is 0 Å². The van der Waals surface area contributed by atoms with Gasteiger partial charge < -0.3 is 5.32 Å². The van der Waals surface area contributed by atoms with Gasteiger partial charge in [-0.15, -0.1) is 0 Å². The van der Waals surface area contributed by atoms with E-state index in [1.807, 2.05) is 0 Å². The van der Waals surface area contributed by atoms with Gasteiger partial charge in [0.05, 0.1) is 5.56 Å². The summed E-state index contributed by atoms with van der Waals surface area (Å²) in [6.07, 6.45) is 1.68. The zero-order chi connectivity index (χ0) is 9.68. The number of nitriles is 1. The van der Waals surface area contributed by atoms with E-state index in [1.54, 1.807) is 18.3 Å². The maximum absolute atomic E-state index is 8.75. The summed E-state index contributed by atoms with van der Waals surface area (Å²) in [5.41, 5.74) is 0.600. The lowest BCUT2D eigenvalue weighted by atomic mass is 10.2. The quantitative estimate of drug-likeness (QED) is 0.764. The predicted molar refractivity (Wildman–Crippen MR) is 52.3 cm³/mol. The van der Waals surface area contributed by atoms with Gasteiger partial charge in [0.2, 0.25) is 0 Å². The smallest absolute Gasteiger partial charge is 0.143 e. The van der Waals surface area contributed by atoms with Crippen LogP contribution in [0, 0.1) is 17.2 Å². The van der Waals surface area contributed by atoms with E-state index in [1.165, 1.54) is 0 Å². The fourth-order valence-electron chi connectivity index (χ4n) is 0.937. The molecule has 1 N–H and O–H groups in total. The Kier molecular flexibility index (Phi) is 3.27. The minimum absolute atomic E-state index is 0.550. The molecule has 3 nitrogen and oxygen atoms in total. The molecule has 3 heteroatoms. The summed E-state index contributed by atoms with van der Waals surface area (Å²) in [6, 6.07) is 5.62. The maximum atomic E-state index is 8.75. The van der Waals surface area contributed by atoms with Gasteiger partial charge in [0.25, 0.3) is 0 Å². The van der Waals surface area contributed by atoms with Crippen molar-refractivity contribution in [1.29, 1.82) is 5.26 Å². The second kappa shape index (κ2) is 4.46. The topological polar surface area (TPSA) is 48.7 Å². The summed E-state index contributed by atoms with van der Waals surface area (Å²) in [7, 11) is 0. The summed E-state index contributed by atoms with van der Waals surface area (Å²) in [5, 5.41) is 11.9. The summed E-state index contributed by atoms with van der Waals surface area (Å²) in [5.74, 6) is 1.23. The normalized spacial score (nSPS) is 9.69. The van der Waals surface area contributed by atoms with Gasteiger partial charge in [-0.05, 0) is 18.1 Å². The molecule has 0 saturated heterocycles. The van der Waals surface area contributed by atoms with Crippen LogP contribution in [-0.2, 0) is 0 Å². The van der Waals surface area contributed by atoms with E-state index in [0.29, 0.717) is 17.3 Å². The first-order valence-corrected chi connectivity index (χ1v) is 4.33. The van der Waals surface area contributed by atoms with E-state index in [2.05, 4.69) is 30.2 Å². The molecule has 1 heterocycles. The first-order valence-electron chi connectivity index (χ1n) is 4.33. The average molecular weight is 175 g/mol. The zero-order valence-electron chi connectivity index (χ0n) is 7.91. The number of aromatic nitrogens is 1. The van der Waals surface area contributed by atoms with Gasteiger partial charge in [-0.1, -0.05) is 13.8 Å². The highest BCUT2D eigenvalue weighted by Gasteiger charge is 2.01. The fraction of sp³-hybridized carbons (Fsp3) is 0.400. The van der Waals surface area contributed by atoms with E-state index >= 15 is 0 Å². The van der Waals surface area contributed by atoms with Crippen molar-refractivity contribution in [3.8, 4) is 6.07 Å². The molecule has 0 aliphatic carbocycles. The van der Waals surface area contributed by atoms with E-state index in [0.717, 1.165) is 6.54 Å². The molecule has 0 aliphatic rings. The Bertz CT molecular complexity index is 312. The van der Waals surface area contributed by atoms with Crippen molar-refractivity contribution in [2.24, 2.45) is 5.92 Å². The molecule has 0 spiro atoms. The van der Waals surface area contributed by atoms with Crippen LogP contribution in [0.15, 0.2) is 18.3 Å². The van der Waals surface area contributed by atoms with Crippen LogP contribution in [0.4, 0.5) is 5.82 Å². The maximum Gasteiger partial charge on any atom is 0.143 e. The molecule has 1 rings (SSSR count). The van der Waals surface area contributed by atoms with Crippen LogP contribution in [0.2, 0.25) is 0 Å². The number of hydrogen-bond donors (Lipinski definition) is 1. The highest BCUT2D eigenvalue weighted by molar-refractivity contribution is 5.51. The van der Waals surface area contributed by atoms with E-state index in [-0.39, 0.29) is 0 Å². The summed E-state index contributed by atoms with van der Waals surface area (Å²) in [6.45, 7) is 5.07. The Morgan fingerprint density at radius 2 is 2.38 bits per heavy atom. The predicted octanol–water partition coefficient (Wildman–Crippen LogP) is 2.02. The van der Waals surface area contributed by atoms with Crippen molar-refractivity contribution < 1.29 is 0 Å². The molecule has 0 saturated carbocycles. The summed E-state index contributed by atoms with van der Waals surface area (Å²) >= 11 is 0. The van der Waals surface area contributed by atoms with Gasteiger partial charge in [-0.3, -0.25) is 0 Å². The average Bonchev–Trinajstić information content (AvgIpc) is 2.15. The molecule has 0 fully saturated rings. The number of hydrogen-bond acceptors (Lipinski definition) is 3. The molecule has 0 atom stereocenters. The van der Waals surface area contributed by atoms with Crippen LogP contribution in [0.3, 0.4) is 0 Å². The van der Waals surface area contributed by atoms with Crippen molar-refractivity contribution in [2.45, 2.75) is 13.8 Å². The van der Waals surface area contributed by atoms with Gasteiger partial charge in [-0.2, -0.15) is 5.26 Å². The van der Waals surface area contributed by atoms with Gasteiger partial charge >= 0.3 is 0 Å². The van der Waals surface area contributed by atoms with Gasteiger partial charge in [-0.25, -0.2) is 4.98 Å². The van der Waals surface area contributed by atoms with Gasteiger partial charge in [0, 0.05) is 12.7 Å². The van der Waals surface area contributed by atoms with Crippen LogP contribution in [0.1, 0.15) is 19.4 Å². The molecular weight excluding hydrogens is 162 g/mol. The molecule has 1 aromatic rings. The monoisotopic (exact) mass is 175 g/mol. The van der Waals surface area contributed by atoms with Crippen molar-refractivity contribution in [1.82, 2.24) is 4.98 Å². The van der Waals surface area contributed by atoms with E-state index in [4.69, 9.17) is 5.26 Å². The fourth-order valence-corrected chi connectivity index (χ4v) is 0.937. The highest BCUT2D eigenvalue weighted by Crippen LogP contribution is 2.09. The second-order valence-corrected chi connectivity index (χ2v) is 3.29. The Morgan fingerprint density at radius 1 is 1.62 bits per heavy atom. The lowest BCUT2D eigenvalue weighted by Crippen LogP contribution is -2.10. The Hall–Kier alpha value is -1.56. The molecule has 68 valence electrons. The van der Waals surface area contributed by atoms with Gasteiger partial charge in [0.1, 0.15) is 11.9 Å². The third-order valence-corrected chi connectivity index (χ3v) is 1.61. The molecule has 0 aliphatic heterocycles. The molecule has 13 heavy (non-hydrogen) atoms. The van der Waals surface area contributed by atoms with Crippen LogP contribution in [0.25, 0.3) is 0 Å². The minimum atomic E-state index is 0.550. The number of rotatable bonds is 3. The molecule has 0 radical (unpaired) electrons. The molecule has 0 amide bonds. The number of nitrogens with zero attached hydrogens (tertiary/aromatic N) is 2. The number of pyridine rings is 1. The van der Waals surface area contributed by atoms with Crippen LogP contribution in [-0.4, -0.2) is 11.5 Å². The van der Waals surface area contributed by atoms with Crippen molar-refractivity contribution in [3.05, 3.63) is 23.9 Å². The van der Waals surface area contributed by atoms with Gasteiger partial charge in [0.15, 0.2) is 0 Å². The first-order chi connectivity index (χ1) is 6.24. The first kappa shape index (κ1) is 9.53. The standard InChI is InChI=1S/C10H13N3/c1-8(2)7-13-10-9(6-11)4-3-5-12-10/h3-5,8H,7H2,1-2H3,(H,12,13). The molecule has 0 bridgehead atoms. The lowest BCUT2D eigenvalue weighted by molar-refractivity contribution is 0.687. The van der Waals surface area contributed by atoms with Crippen molar-refractivity contribution >= 4 is 5.82 Å². The van der Waals surface area contributed by atoms with Crippen LogP contribution >= 0.6 is 0 Å². The lowest BCUT2D eigenvalue weighted by Gasteiger charge is -2.08. The van der Waals surface area contributed by atoms with Crippen LogP contribution in [0.5, 0.6) is 0 Å². The summed E-state index contributed by atoms with van der Waals surface area (Å²) < 4.78 is 0. The minimum Gasteiger partial charge on any atom is -0.369 e. The third kappa shape index (κ3) is 2.75. The van der Waals surface area contributed by atoms with Crippen LogP contribution < -0.4 is 5.32 Å². The largest absolute Gasteiger partial charge is 0.369 e. The highest BCUT2D eigenvalue weighted by atomic mass is 15.0. The SMILES string of the molecule is CC(C)CNc1ncccc1C#N. The molecule has 1 aromatic heterocycles. The third-order valence-electron chi connectivity index (χ3n) is 1.61. The second-order valence-electron chi connectivity index (χ2n) is 3.29.